The topological polar surface area (TPSA) is 47.1 Å². The van der Waals surface area contributed by atoms with Crippen LogP contribution in [0.15, 0.2) is 12.5 Å². The normalized spacial score (nSPS) is 23.5. The molecule has 1 aliphatic rings. The molecule has 2 heterocycles. The summed E-state index contributed by atoms with van der Waals surface area (Å²) in [6, 6.07) is 0.800. The second-order valence-corrected chi connectivity index (χ2v) is 5.53. The highest BCUT2D eigenvalue weighted by atomic mass is 15.2. The van der Waals surface area contributed by atoms with Crippen LogP contribution in [0.25, 0.3) is 0 Å². The van der Waals surface area contributed by atoms with Crippen LogP contribution in [0, 0.1) is 5.92 Å². The third-order valence-corrected chi connectivity index (χ3v) is 3.74. The highest BCUT2D eigenvalue weighted by Crippen LogP contribution is 2.21. The molecular weight excluding hydrogens is 212 g/mol. The summed E-state index contributed by atoms with van der Waals surface area (Å²) < 4.78 is 2.25. The van der Waals surface area contributed by atoms with Crippen LogP contribution in [0.3, 0.4) is 0 Å². The van der Waals surface area contributed by atoms with E-state index in [0.29, 0.717) is 18.0 Å². The van der Waals surface area contributed by atoms with Crippen molar-refractivity contribution in [3.63, 3.8) is 0 Å². The SMILES string of the molecule is CC(N)C1CCN(Cc2cncn2C(C)C)C1. The Morgan fingerprint density at radius 3 is 2.82 bits per heavy atom. The fourth-order valence-electron chi connectivity index (χ4n) is 2.58. The molecule has 0 saturated carbocycles. The summed E-state index contributed by atoms with van der Waals surface area (Å²) in [7, 11) is 0. The zero-order chi connectivity index (χ0) is 12.4. The van der Waals surface area contributed by atoms with E-state index in [1.54, 1.807) is 0 Å². The van der Waals surface area contributed by atoms with Crippen LogP contribution in [0.1, 0.15) is 38.9 Å². The third-order valence-electron chi connectivity index (χ3n) is 3.74. The number of hydrogen-bond acceptors (Lipinski definition) is 3. The molecular formula is C13H24N4. The van der Waals surface area contributed by atoms with Crippen molar-refractivity contribution >= 4 is 0 Å². The smallest absolute Gasteiger partial charge is 0.0951 e. The average molecular weight is 236 g/mol. The molecule has 17 heavy (non-hydrogen) atoms. The van der Waals surface area contributed by atoms with Crippen LogP contribution >= 0.6 is 0 Å². The van der Waals surface area contributed by atoms with Gasteiger partial charge in [-0.15, -0.1) is 0 Å². The minimum absolute atomic E-state index is 0.315. The largest absolute Gasteiger partial charge is 0.331 e. The van der Waals surface area contributed by atoms with Gasteiger partial charge in [-0.1, -0.05) is 0 Å². The summed E-state index contributed by atoms with van der Waals surface area (Å²) in [6.07, 6.45) is 5.14. The van der Waals surface area contributed by atoms with Gasteiger partial charge in [0.1, 0.15) is 0 Å². The summed E-state index contributed by atoms with van der Waals surface area (Å²) >= 11 is 0. The van der Waals surface area contributed by atoms with Gasteiger partial charge in [-0.3, -0.25) is 4.90 Å². The molecule has 0 spiro atoms. The van der Waals surface area contributed by atoms with Crippen LogP contribution < -0.4 is 5.73 Å². The molecule has 1 aromatic heterocycles. The van der Waals surface area contributed by atoms with E-state index in [1.165, 1.54) is 12.1 Å². The lowest BCUT2D eigenvalue weighted by atomic mass is 10.0. The van der Waals surface area contributed by atoms with Gasteiger partial charge in [0.2, 0.25) is 0 Å². The summed E-state index contributed by atoms with van der Waals surface area (Å²) in [5.74, 6) is 0.658. The highest BCUT2D eigenvalue weighted by Gasteiger charge is 2.25. The van der Waals surface area contributed by atoms with Crippen LogP contribution in [0.5, 0.6) is 0 Å². The number of hydrogen-bond donors (Lipinski definition) is 1. The molecule has 2 unspecified atom stereocenters. The molecule has 0 aromatic carbocycles. The molecule has 0 aliphatic carbocycles. The Hall–Kier alpha value is -0.870. The first-order valence-electron chi connectivity index (χ1n) is 6.56. The molecule has 4 heteroatoms. The summed E-state index contributed by atoms with van der Waals surface area (Å²) in [5, 5.41) is 0. The molecule has 0 radical (unpaired) electrons. The number of imidazole rings is 1. The van der Waals surface area contributed by atoms with Gasteiger partial charge >= 0.3 is 0 Å². The lowest BCUT2D eigenvalue weighted by Crippen LogP contribution is -2.30. The van der Waals surface area contributed by atoms with Crippen LogP contribution in [0.2, 0.25) is 0 Å². The molecule has 0 amide bonds. The van der Waals surface area contributed by atoms with Crippen LogP contribution in [0.4, 0.5) is 0 Å². The molecule has 2 N–H and O–H groups in total. The van der Waals surface area contributed by atoms with E-state index in [4.69, 9.17) is 5.73 Å². The fourth-order valence-corrected chi connectivity index (χ4v) is 2.58. The Balaban J connectivity index is 1.96. The van der Waals surface area contributed by atoms with Crippen molar-refractivity contribution < 1.29 is 0 Å². The van der Waals surface area contributed by atoms with Crippen molar-refractivity contribution in [2.75, 3.05) is 13.1 Å². The number of aromatic nitrogens is 2. The number of rotatable bonds is 4. The van der Waals surface area contributed by atoms with E-state index in [1.807, 2.05) is 12.5 Å². The molecule has 96 valence electrons. The molecule has 2 rings (SSSR count). The Labute approximate surface area is 104 Å². The highest BCUT2D eigenvalue weighted by molar-refractivity contribution is 5.00. The predicted molar refractivity (Wildman–Crippen MR) is 69.6 cm³/mol. The Bertz CT molecular complexity index is 356. The number of nitrogens with zero attached hydrogens (tertiary/aromatic N) is 3. The lowest BCUT2D eigenvalue weighted by molar-refractivity contribution is 0.298. The molecule has 1 aromatic rings. The first-order chi connectivity index (χ1) is 8.08. The van der Waals surface area contributed by atoms with Gasteiger partial charge in [0.15, 0.2) is 0 Å². The van der Waals surface area contributed by atoms with Crippen molar-refractivity contribution in [3.05, 3.63) is 18.2 Å². The monoisotopic (exact) mass is 236 g/mol. The van der Waals surface area contributed by atoms with Crippen molar-refractivity contribution in [2.24, 2.45) is 11.7 Å². The maximum absolute atomic E-state index is 5.97. The third kappa shape index (κ3) is 2.87. The van der Waals surface area contributed by atoms with E-state index in [0.717, 1.165) is 19.6 Å². The Morgan fingerprint density at radius 1 is 1.47 bits per heavy atom. The second-order valence-electron chi connectivity index (χ2n) is 5.53. The van der Waals surface area contributed by atoms with Crippen LogP contribution in [-0.4, -0.2) is 33.6 Å². The van der Waals surface area contributed by atoms with E-state index >= 15 is 0 Å². The Kier molecular flexibility index (Phi) is 3.84. The Morgan fingerprint density at radius 2 is 2.24 bits per heavy atom. The van der Waals surface area contributed by atoms with Crippen molar-refractivity contribution in [3.8, 4) is 0 Å². The van der Waals surface area contributed by atoms with Gasteiger partial charge in [0, 0.05) is 31.4 Å². The van der Waals surface area contributed by atoms with E-state index in [-0.39, 0.29) is 0 Å². The van der Waals surface area contributed by atoms with E-state index in [2.05, 4.69) is 35.2 Å². The first kappa shape index (κ1) is 12.6. The molecule has 1 fully saturated rings. The minimum Gasteiger partial charge on any atom is -0.331 e. The fraction of sp³-hybridized carbons (Fsp3) is 0.769. The maximum atomic E-state index is 5.97. The van der Waals surface area contributed by atoms with Gasteiger partial charge in [0.25, 0.3) is 0 Å². The summed E-state index contributed by atoms with van der Waals surface area (Å²) in [5.41, 5.74) is 7.28. The predicted octanol–water partition coefficient (Wildman–Crippen LogP) is 1.63. The zero-order valence-electron chi connectivity index (χ0n) is 11.1. The van der Waals surface area contributed by atoms with Crippen molar-refractivity contribution in [2.45, 2.75) is 45.8 Å². The van der Waals surface area contributed by atoms with Gasteiger partial charge in [-0.2, -0.15) is 0 Å². The minimum atomic E-state index is 0.315. The van der Waals surface area contributed by atoms with Crippen molar-refractivity contribution in [1.82, 2.24) is 14.5 Å². The first-order valence-corrected chi connectivity index (χ1v) is 6.56. The summed E-state index contributed by atoms with van der Waals surface area (Å²) in [6.45, 7) is 9.80. The second kappa shape index (κ2) is 5.19. The number of nitrogens with two attached hydrogens (primary N) is 1. The number of likely N-dealkylation sites (tertiary alicyclic amines) is 1. The molecule has 1 saturated heterocycles. The van der Waals surface area contributed by atoms with Gasteiger partial charge in [0.05, 0.1) is 12.0 Å². The molecule has 1 aliphatic heterocycles. The lowest BCUT2D eigenvalue weighted by Gasteiger charge is -2.19. The molecule has 4 nitrogen and oxygen atoms in total. The van der Waals surface area contributed by atoms with Crippen LogP contribution in [-0.2, 0) is 6.54 Å². The molecule has 2 atom stereocenters. The average Bonchev–Trinajstić information content (AvgIpc) is 2.86. The van der Waals surface area contributed by atoms with Gasteiger partial charge in [-0.25, -0.2) is 4.98 Å². The molecule has 0 bridgehead atoms. The van der Waals surface area contributed by atoms with Gasteiger partial charge < -0.3 is 10.3 Å². The zero-order valence-corrected chi connectivity index (χ0v) is 11.1. The van der Waals surface area contributed by atoms with E-state index in [9.17, 15) is 0 Å². The maximum Gasteiger partial charge on any atom is 0.0951 e. The van der Waals surface area contributed by atoms with E-state index < -0.39 is 0 Å². The summed E-state index contributed by atoms with van der Waals surface area (Å²) in [4.78, 5) is 6.74. The standard InChI is InChI=1S/C13H24N4/c1-10(2)17-9-15-6-13(17)8-16-5-4-12(7-16)11(3)14/h6,9-12H,4-5,7-8,14H2,1-3H3. The quantitative estimate of drug-likeness (QED) is 0.864. The van der Waals surface area contributed by atoms with Crippen molar-refractivity contribution in [1.29, 1.82) is 0 Å². The van der Waals surface area contributed by atoms with Gasteiger partial charge in [-0.05, 0) is 39.7 Å².